The lowest BCUT2D eigenvalue weighted by Gasteiger charge is -2.21. The topological polar surface area (TPSA) is 15.3 Å². The van der Waals surface area contributed by atoms with Gasteiger partial charge in [-0.2, -0.15) is 0 Å². The molecule has 0 rings (SSSR count). The van der Waals surface area contributed by atoms with Crippen molar-refractivity contribution in [2.45, 2.75) is 32.2 Å². The minimum atomic E-state index is 0.639. The van der Waals surface area contributed by atoms with Gasteiger partial charge in [-0.1, -0.05) is 13.0 Å². The molecule has 0 spiro atoms. The summed E-state index contributed by atoms with van der Waals surface area (Å²) in [5.74, 6) is 0. The summed E-state index contributed by atoms with van der Waals surface area (Å²) in [6.45, 7) is 8.09. The van der Waals surface area contributed by atoms with Gasteiger partial charge in [0.2, 0.25) is 0 Å². The van der Waals surface area contributed by atoms with Gasteiger partial charge >= 0.3 is 0 Å². The standard InChI is InChI=1S/C11H24N2/c1-5-7-8-9-11(12-6-2)10-13(3)4/h5,11-12H,1,6-10H2,2-4H3. The molecule has 1 N–H and O–H groups in total. The predicted molar refractivity (Wildman–Crippen MR) is 60.1 cm³/mol. The van der Waals surface area contributed by atoms with Crippen LogP contribution in [0, 0.1) is 0 Å². The van der Waals surface area contributed by atoms with E-state index in [4.69, 9.17) is 0 Å². The van der Waals surface area contributed by atoms with Crippen LogP contribution in [0.5, 0.6) is 0 Å². The highest BCUT2D eigenvalue weighted by Crippen LogP contribution is 2.02. The Morgan fingerprint density at radius 3 is 2.62 bits per heavy atom. The molecule has 0 aliphatic rings. The number of allylic oxidation sites excluding steroid dienone is 1. The molecule has 0 amide bonds. The Labute approximate surface area is 83.0 Å². The fourth-order valence-electron chi connectivity index (χ4n) is 1.50. The SMILES string of the molecule is C=CCCCC(CN(C)C)NCC. The zero-order chi connectivity index (χ0) is 10.1. The first-order valence-electron chi connectivity index (χ1n) is 5.19. The Morgan fingerprint density at radius 2 is 2.15 bits per heavy atom. The van der Waals surface area contributed by atoms with Gasteiger partial charge in [-0.15, -0.1) is 6.58 Å². The number of nitrogens with one attached hydrogen (secondary N) is 1. The van der Waals surface area contributed by atoms with E-state index < -0.39 is 0 Å². The van der Waals surface area contributed by atoms with Crippen LogP contribution in [0.15, 0.2) is 12.7 Å². The Kier molecular flexibility index (Phi) is 8.05. The summed E-state index contributed by atoms with van der Waals surface area (Å²) in [5, 5.41) is 3.50. The van der Waals surface area contributed by atoms with Crippen LogP contribution in [0.3, 0.4) is 0 Å². The fourth-order valence-corrected chi connectivity index (χ4v) is 1.50. The number of nitrogens with zero attached hydrogens (tertiary/aromatic N) is 1. The van der Waals surface area contributed by atoms with Crippen LogP contribution in [-0.2, 0) is 0 Å². The van der Waals surface area contributed by atoms with Crippen molar-refractivity contribution in [2.24, 2.45) is 0 Å². The minimum absolute atomic E-state index is 0.639. The van der Waals surface area contributed by atoms with Crippen molar-refractivity contribution in [1.82, 2.24) is 10.2 Å². The van der Waals surface area contributed by atoms with Gasteiger partial charge in [0.1, 0.15) is 0 Å². The molecular formula is C11H24N2. The van der Waals surface area contributed by atoms with Crippen LogP contribution >= 0.6 is 0 Å². The van der Waals surface area contributed by atoms with Gasteiger partial charge in [-0.3, -0.25) is 0 Å². The van der Waals surface area contributed by atoms with Crippen LogP contribution in [0.25, 0.3) is 0 Å². The maximum atomic E-state index is 3.73. The third-order valence-corrected chi connectivity index (χ3v) is 2.04. The minimum Gasteiger partial charge on any atom is -0.313 e. The zero-order valence-electron chi connectivity index (χ0n) is 9.34. The van der Waals surface area contributed by atoms with Crippen molar-refractivity contribution in [1.29, 1.82) is 0 Å². The summed E-state index contributed by atoms with van der Waals surface area (Å²) in [5.41, 5.74) is 0. The average molecular weight is 184 g/mol. The molecule has 0 heterocycles. The van der Waals surface area contributed by atoms with Crippen LogP contribution in [0.1, 0.15) is 26.2 Å². The number of unbranched alkanes of at least 4 members (excludes halogenated alkanes) is 1. The van der Waals surface area contributed by atoms with Crippen molar-refractivity contribution in [3.8, 4) is 0 Å². The van der Waals surface area contributed by atoms with Gasteiger partial charge in [-0.05, 0) is 39.9 Å². The lowest BCUT2D eigenvalue weighted by molar-refractivity contribution is 0.326. The highest BCUT2D eigenvalue weighted by Gasteiger charge is 2.06. The third kappa shape index (κ3) is 8.00. The quantitative estimate of drug-likeness (QED) is 0.458. The summed E-state index contributed by atoms with van der Waals surface area (Å²) in [6.07, 6.45) is 5.63. The summed E-state index contributed by atoms with van der Waals surface area (Å²) >= 11 is 0. The molecule has 0 bridgehead atoms. The molecule has 0 aliphatic heterocycles. The van der Waals surface area contributed by atoms with Crippen LogP contribution in [-0.4, -0.2) is 38.1 Å². The molecule has 0 radical (unpaired) electrons. The average Bonchev–Trinajstić information content (AvgIpc) is 2.04. The van der Waals surface area contributed by atoms with E-state index in [0.29, 0.717) is 6.04 Å². The number of likely N-dealkylation sites (N-methyl/N-ethyl adjacent to an activating group) is 2. The Morgan fingerprint density at radius 1 is 1.46 bits per heavy atom. The number of rotatable bonds is 8. The van der Waals surface area contributed by atoms with Gasteiger partial charge in [0.25, 0.3) is 0 Å². The summed E-state index contributed by atoms with van der Waals surface area (Å²) in [4.78, 5) is 2.24. The molecule has 2 heteroatoms. The Bertz CT molecular complexity index is 121. The highest BCUT2D eigenvalue weighted by molar-refractivity contribution is 4.72. The number of hydrogen-bond donors (Lipinski definition) is 1. The lowest BCUT2D eigenvalue weighted by atomic mass is 10.1. The van der Waals surface area contributed by atoms with E-state index in [0.717, 1.165) is 19.5 Å². The summed E-state index contributed by atoms with van der Waals surface area (Å²) in [6, 6.07) is 0.639. The predicted octanol–water partition coefficient (Wildman–Crippen LogP) is 1.88. The first kappa shape index (κ1) is 12.7. The molecule has 13 heavy (non-hydrogen) atoms. The van der Waals surface area contributed by atoms with Gasteiger partial charge in [0.15, 0.2) is 0 Å². The van der Waals surface area contributed by atoms with E-state index in [1.54, 1.807) is 0 Å². The Balaban J connectivity index is 3.59. The molecule has 0 fully saturated rings. The smallest absolute Gasteiger partial charge is 0.0194 e. The normalized spacial score (nSPS) is 13.2. The molecule has 1 unspecified atom stereocenters. The molecule has 0 aliphatic carbocycles. The molecule has 0 aromatic carbocycles. The lowest BCUT2D eigenvalue weighted by Crippen LogP contribution is -2.38. The van der Waals surface area contributed by atoms with E-state index in [9.17, 15) is 0 Å². The van der Waals surface area contributed by atoms with Crippen molar-refractivity contribution in [3.63, 3.8) is 0 Å². The summed E-state index contributed by atoms with van der Waals surface area (Å²) in [7, 11) is 4.25. The monoisotopic (exact) mass is 184 g/mol. The highest BCUT2D eigenvalue weighted by atomic mass is 15.1. The fraction of sp³-hybridized carbons (Fsp3) is 0.818. The molecule has 0 saturated heterocycles. The Hall–Kier alpha value is -0.340. The first-order chi connectivity index (χ1) is 6.20. The summed E-state index contributed by atoms with van der Waals surface area (Å²) < 4.78 is 0. The van der Waals surface area contributed by atoms with E-state index in [1.165, 1.54) is 12.8 Å². The molecule has 0 saturated carbocycles. The first-order valence-corrected chi connectivity index (χ1v) is 5.19. The van der Waals surface area contributed by atoms with E-state index in [2.05, 4.69) is 37.8 Å². The number of hydrogen-bond acceptors (Lipinski definition) is 2. The van der Waals surface area contributed by atoms with Crippen molar-refractivity contribution < 1.29 is 0 Å². The molecule has 78 valence electrons. The van der Waals surface area contributed by atoms with Gasteiger partial charge in [-0.25, -0.2) is 0 Å². The molecule has 0 aromatic heterocycles. The zero-order valence-corrected chi connectivity index (χ0v) is 9.34. The molecular weight excluding hydrogens is 160 g/mol. The van der Waals surface area contributed by atoms with Crippen LogP contribution in [0.4, 0.5) is 0 Å². The van der Waals surface area contributed by atoms with Crippen LogP contribution in [0.2, 0.25) is 0 Å². The second kappa shape index (κ2) is 8.27. The largest absolute Gasteiger partial charge is 0.313 e. The van der Waals surface area contributed by atoms with Gasteiger partial charge < -0.3 is 10.2 Å². The second-order valence-corrected chi connectivity index (χ2v) is 3.74. The maximum absolute atomic E-state index is 3.73. The van der Waals surface area contributed by atoms with Crippen molar-refractivity contribution >= 4 is 0 Å². The van der Waals surface area contributed by atoms with E-state index >= 15 is 0 Å². The van der Waals surface area contributed by atoms with Crippen molar-refractivity contribution in [2.75, 3.05) is 27.2 Å². The molecule has 1 atom stereocenters. The van der Waals surface area contributed by atoms with Gasteiger partial charge in [0.05, 0.1) is 0 Å². The molecule has 0 aromatic rings. The maximum Gasteiger partial charge on any atom is 0.0194 e. The van der Waals surface area contributed by atoms with Crippen molar-refractivity contribution in [3.05, 3.63) is 12.7 Å². The second-order valence-electron chi connectivity index (χ2n) is 3.74. The van der Waals surface area contributed by atoms with E-state index in [-0.39, 0.29) is 0 Å². The van der Waals surface area contributed by atoms with Gasteiger partial charge in [0, 0.05) is 12.6 Å². The molecule has 2 nitrogen and oxygen atoms in total. The van der Waals surface area contributed by atoms with Crippen LogP contribution < -0.4 is 5.32 Å². The third-order valence-electron chi connectivity index (χ3n) is 2.04. The van der Waals surface area contributed by atoms with E-state index in [1.807, 2.05) is 6.08 Å².